The van der Waals surface area contributed by atoms with E-state index in [0.717, 1.165) is 39.6 Å². The molecule has 0 aliphatic heterocycles. The van der Waals surface area contributed by atoms with Crippen LogP contribution in [-0.2, 0) is 4.79 Å². The van der Waals surface area contributed by atoms with Gasteiger partial charge in [0.25, 0.3) is 0 Å². The number of nitrogens with one attached hydrogen (secondary N) is 2. The lowest BCUT2D eigenvalue weighted by atomic mass is 10.2. The average Bonchev–Trinajstić information content (AvgIpc) is 2.87. The fourth-order valence-electron chi connectivity index (χ4n) is 1.72. The molecule has 0 saturated heterocycles. The number of hydrogen-bond donors (Lipinski definition) is 2. The molecule has 2 N–H and O–H groups in total. The third-order valence-corrected chi connectivity index (χ3v) is 3.93. The van der Waals surface area contributed by atoms with Crippen LogP contribution in [0.4, 0.5) is 10.8 Å². The number of carbonyl (C=O) groups is 1. The largest absolute Gasteiger partial charge is 0.326 e. The Hall–Kier alpha value is -1.95. The number of hydrogen-bond acceptors (Lipinski definition) is 5. The lowest BCUT2D eigenvalue weighted by Crippen LogP contribution is -2.10. The first-order chi connectivity index (χ1) is 10.1. The summed E-state index contributed by atoms with van der Waals surface area (Å²) in [7, 11) is 0. The molecule has 0 aliphatic carbocycles. The van der Waals surface area contributed by atoms with Crippen LogP contribution >= 0.6 is 11.3 Å². The molecule has 6 heteroatoms. The van der Waals surface area contributed by atoms with Crippen LogP contribution in [0.25, 0.3) is 10.2 Å². The highest BCUT2D eigenvalue weighted by Gasteiger charge is 2.06. The van der Waals surface area contributed by atoms with Gasteiger partial charge in [0.2, 0.25) is 11.0 Å². The van der Waals surface area contributed by atoms with Gasteiger partial charge in [-0.05, 0) is 38.0 Å². The minimum Gasteiger partial charge on any atom is -0.326 e. The highest BCUT2D eigenvalue weighted by molar-refractivity contribution is 7.22. The van der Waals surface area contributed by atoms with Gasteiger partial charge in [-0.2, -0.15) is 5.10 Å². The van der Waals surface area contributed by atoms with Crippen LogP contribution in [0.1, 0.15) is 40.0 Å². The predicted octanol–water partition coefficient (Wildman–Crippen LogP) is 4.23. The lowest BCUT2D eigenvalue weighted by molar-refractivity contribution is -0.116. The van der Waals surface area contributed by atoms with Crippen LogP contribution in [0.2, 0.25) is 0 Å². The Labute approximate surface area is 128 Å². The van der Waals surface area contributed by atoms with E-state index in [1.807, 2.05) is 32.0 Å². The van der Waals surface area contributed by atoms with Gasteiger partial charge in [0.1, 0.15) is 0 Å². The van der Waals surface area contributed by atoms with Gasteiger partial charge in [-0.15, -0.1) is 0 Å². The SMILES string of the molecule is CCCC(=O)Nc1ccc2nc(N/N=C(\C)CC)sc2c1. The van der Waals surface area contributed by atoms with Gasteiger partial charge in [0, 0.05) is 17.8 Å². The second-order valence-corrected chi connectivity index (χ2v) is 5.84. The number of fused-ring (bicyclic) bond motifs is 1. The molecule has 0 atom stereocenters. The van der Waals surface area contributed by atoms with Crippen molar-refractivity contribution in [2.75, 3.05) is 10.7 Å². The standard InChI is InChI=1S/C15H20N4OS/c1-4-6-14(20)16-11-7-8-12-13(9-11)21-15(17-12)19-18-10(3)5-2/h7-9H,4-6H2,1-3H3,(H,16,20)(H,17,19)/b18-10+. The molecule has 0 unspecified atom stereocenters. The number of hydrazone groups is 1. The molecule has 2 rings (SSSR count). The van der Waals surface area contributed by atoms with Gasteiger partial charge in [-0.3, -0.25) is 10.2 Å². The molecule has 0 fully saturated rings. The van der Waals surface area contributed by atoms with Gasteiger partial charge < -0.3 is 5.32 Å². The zero-order chi connectivity index (χ0) is 15.2. The van der Waals surface area contributed by atoms with E-state index in [-0.39, 0.29) is 5.91 Å². The molecular formula is C15H20N4OS. The molecule has 0 bridgehead atoms. The summed E-state index contributed by atoms with van der Waals surface area (Å²) in [6.45, 7) is 6.02. The summed E-state index contributed by atoms with van der Waals surface area (Å²) < 4.78 is 1.02. The molecule has 1 heterocycles. The number of nitrogens with zero attached hydrogens (tertiary/aromatic N) is 2. The molecule has 0 radical (unpaired) electrons. The van der Waals surface area contributed by atoms with Crippen molar-refractivity contribution in [2.45, 2.75) is 40.0 Å². The van der Waals surface area contributed by atoms with E-state index in [2.05, 4.69) is 27.8 Å². The molecular weight excluding hydrogens is 284 g/mol. The fourth-order valence-corrected chi connectivity index (χ4v) is 2.57. The average molecular weight is 304 g/mol. The van der Waals surface area contributed by atoms with E-state index in [1.165, 1.54) is 11.3 Å². The normalized spacial score (nSPS) is 11.7. The molecule has 112 valence electrons. The van der Waals surface area contributed by atoms with Crippen molar-refractivity contribution in [2.24, 2.45) is 5.10 Å². The van der Waals surface area contributed by atoms with Crippen molar-refractivity contribution in [1.29, 1.82) is 0 Å². The molecule has 2 aromatic rings. The Bertz CT molecular complexity index is 663. The number of rotatable bonds is 6. The smallest absolute Gasteiger partial charge is 0.224 e. The second kappa shape index (κ2) is 7.17. The Morgan fingerprint density at radius 3 is 2.90 bits per heavy atom. The first kappa shape index (κ1) is 15.4. The van der Waals surface area contributed by atoms with Crippen molar-refractivity contribution in [1.82, 2.24) is 4.98 Å². The summed E-state index contributed by atoms with van der Waals surface area (Å²) in [5.74, 6) is 0.0443. The zero-order valence-electron chi connectivity index (χ0n) is 12.6. The Morgan fingerprint density at radius 2 is 2.19 bits per heavy atom. The summed E-state index contributed by atoms with van der Waals surface area (Å²) in [4.78, 5) is 16.1. The molecule has 1 aromatic heterocycles. The number of amides is 1. The van der Waals surface area contributed by atoms with Crippen LogP contribution in [-0.4, -0.2) is 16.6 Å². The first-order valence-corrected chi connectivity index (χ1v) is 7.93. The summed E-state index contributed by atoms with van der Waals surface area (Å²) in [6, 6.07) is 5.73. The number of aromatic nitrogens is 1. The number of thiazole rings is 1. The van der Waals surface area contributed by atoms with Crippen LogP contribution < -0.4 is 10.7 Å². The second-order valence-electron chi connectivity index (χ2n) is 4.81. The van der Waals surface area contributed by atoms with E-state index in [9.17, 15) is 4.79 Å². The Kier molecular flexibility index (Phi) is 5.27. The minimum absolute atomic E-state index is 0.0443. The van der Waals surface area contributed by atoms with Gasteiger partial charge >= 0.3 is 0 Å². The van der Waals surface area contributed by atoms with E-state index in [1.54, 1.807) is 0 Å². The molecule has 1 aromatic carbocycles. The van der Waals surface area contributed by atoms with E-state index >= 15 is 0 Å². The zero-order valence-corrected chi connectivity index (χ0v) is 13.4. The monoisotopic (exact) mass is 304 g/mol. The molecule has 0 saturated carbocycles. The van der Waals surface area contributed by atoms with Crippen molar-refractivity contribution >= 4 is 44.0 Å². The van der Waals surface area contributed by atoms with Crippen LogP contribution in [0.15, 0.2) is 23.3 Å². The molecule has 0 aliphatic rings. The van der Waals surface area contributed by atoms with E-state index < -0.39 is 0 Å². The third kappa shape index (κ3) is 4.26. The predicted molar refractivity (Wildman–Crippen MR) is 90.2 cm³/mol. The first-order valence-electron chi connectivity index (χ1n) is 7.12. The topological polar surface area (TPSA) is 66.4 Å². The molecule has 5 nitrogen and oxygen atoms in total. The van der Waals surface area contributed by atoms with Crippen LogP contribution in [0.3, 0.4) is 0 Å². The van der Waals surface area contributed by atoms with E-state index in [4.69, 9.17) is 0 Å². The summed E-state index contributed by atoms with van der Waals surface area (Å²) in [6.07, 6.45) is 2.29. The maximum atomic E-state index is 11.6. The quantitative estimate of drug-likeness (QED) is 0.620. The highest BCUT2D eigenvalue weighted by atomic mass is 32.1. The number of anilines is 2. The van der Waals surface area contributed by atoms with E-state index in [0.29, 0.717) is 6.42 Å². The molecule has 1 amide bonds. The Morgan fingerprint density at radius 1 is 1.38 bits per heavy atom. The maximum Gasteiger partial charge on any atom is 0.224 e. The lowest BCUT2D eigenvalue weighted by Gasteiger charge is -2.03. The molecule has 0 spiro atoms. The maximum absolute atomic E-state index is 11.6. The van der Waals surface area contributed by atoms with Crippen molar-refractivity contribution in [3.8, 4) is 0 Å². The fraction of sp³-hybridized carbons (Fsp3) is 0.400. The van der Waals surface area contributed by atoms with Crippen molar-refractivity contribution in [3.05, 3.63) is 18.2 Å². The minimum atomic E-state index is 0.0443. The third-order valence-electron chi connectivity index (χ3n) is 3.00. The van der Waals surface area contributed by atoms with Gasteiger partial charge in [0.15, 0.2) is 0 Å². The van der Waals surface area contributed by atoms with Gasteiger partial charge in [-0.1, -0.05) is 25.2 Å². The van der Waals surface area contributed by atoms with Gasteiger partial charge in [-0.25, -0.2) is 4.98 Å². The van der Waals surface area contributed by atoms with Crippen LogP contribution in [0, 0.1) is 0 Å². The summed E-state index contributed by atoms with van der Waals surface area (Å²) in [5, 5.41) is 7.90. The summed E-state index contributed by atoms with van der Waals surface area (Å²) >= 11 is 1.52. The molecule has 21 heavy (non-hydrogen) atoms. The number of carbonyl (C=O) groups excluding carboxylic acids is 1. The summed E-state index contributed by atoms with van der Waals surface area (Å²) in [5.41, 5.74) is 5.72. The number of benzene rings is 1. The Balaban J connectivity index is 2.14. The van der Waals surface area contributed by atoms with Gasteiger partial charge in [0.05, 0.1) is 10.2 Å². The van der Waals surface area contributed by atoms with Crippen molar-refractivity contribution in [3.63, 3.8) is 0 Å². The van der Waals surface area contributed by atoms with Crippen molar-refractivity contribution < 1.29 is 4.79 Å². The highest BCUT2D eigenvalue weighted by Crippen LogP contribution is 2.28. The van der Waals surface area contributed by atoms with Crippen LogP contribution in [0.5, 0.6) is 0 Å².